The minimum absolute atomic E-state index is 0.131. The lowest BCUT2D eigenvalue weighted by Crippen LogP contribution is -2.41. The SMILES string of the molecule is CN(Cc1ccc(Br)s1)C(=O)CN1C(=O)C2CCCCC2C1=O. The Balaban J connectivity index is 1.62. The number of likely N-dealkylation sites (tertiary alicyclic amines) is 1. The number of rotatable bonds is 4. The first-order valence-electron chi connectivity index (χ1n) is 7.81. The van der Waals surface area contributed by atoms with E-state index in [0.29, 0.717) is 6.54 Å². The van der Waals surface area contributed by atoms with Crippen LogP contribution in [0.2, 0.25) is 0 Å². The van der Waals surface area contributed by atoms with Crippen LogP contribution < -0.4 is 0 Å². The Kier molecular flexibility index (Phi) is 4.87. The van der Waals surface area contributed by atoms with Gasteiger partial charge in [0.05, 0.1) is 22.2 Å². The average molecular weight is 399 g/mol. The highest BCUT2D eigenvalue weighted by atomic mass is 79.9. The molecule has 2 atom stereocenters. The van der Waals surface area contributed by atoms with Crippen LogP contribution in [0.15, 0.2) is 15.9 Å². The van der Waals surface area contributed by atoms with Gasteiger partial charge >= 0.3 is 0 Å². The molecule has 1 aliphatic carbocycles. The first kappa shape index (κ1) is 16.6. The summed E-state index contributed by atoms with van der Waals surface area (Å²) in [7, 11) is 1.70. The Labute approximate surface area is 147 Å². The summed E-state index contributed by atoms with van der Waals surface area (Å²) in [6, 6.07) is 3.90. The Hall–Kier alpha value is -1.21. The second-order valence-corrected chi connectivity index (χ2v) is 8.76. The minimum atomic E-state index is -0.199. The first-order valence-corrected chi connectivity index (χ1v) is 9.41. The van der Waals surface area contributed by atoms with E-state index in [1.165, 1.54) is 4.90 Å². The number of thiophene rings is 1. The molecule has 1 aromatic rings. The van der Waals surface area contributed by atoms with Crippen molar-refractivity contribution in [1.29, 1.82) is 0 Å². The molecule has 23 heavy (non-hydrogen) atoms. The molecule has 2 fully saturated rings. The summed E-state index contributed by atoms with van der Waals surface area (Å²) in [5.41, 5.74) is 0. The van der Waals surface area contributed by atoms with Gasteiger partial charge in [0.1, 0.15) is 6.54 Å². The van der Waals surface area contributed by atoms with Crippen molar-refractivity contribution in [2.75, 3.05) is 13.6 Å². The van der Waals surface area contributed by atoms with Gasteiger partial charge in [-0.3, -0.25) is 19.3 Å². The van der Waals surface area contributed by atoms with Crippen molar-refractivity contribution in [3.63, 3.8) is 0 Å². The van der Waals surface area contributed by atoms with Crippen LogP contribution in [0, 0.1) is 11.8 Å². The van der Waals surface area contributed by atoms with Crippen LogP contribution in [-0.4, -0.2) is 41.1 Å². The largest absolute Gasteiger partial charge is 0.339 e. The molecule has 7 heteroatoms. The summed E-state index contributed by atoms with van der Waals surface area (Å²) in [6.07, 6.45) is 3.54. The van der Waals surface area contributed by atoms with Gasteiger partial charge in [0.2, 0.25) is 17.7 Å². The van der Waals surface area contributed by atoms with Crippen LogP contribution in [-0.2, 0) is 20.9 Å². The van der Waals surface area contributed by atoms with Crippen LogP contribution >= 0.6 is 27.3 Å². The molecular weight excluding hydrogens is 380 g/mol. The van der Waals surface area contributed by atoms with Crippen LogP contribution in [0.5, 0.6) is 0 Å². The van der Waals surface area contributed by atoms with Crippen molar-refractivity contribution in [2.24, 2.45) is 11.8 Å². The first-order chi connectivity index (χ1) is 11.0. The number of nitrogens with zero attached hydrogens (tertiary/aromatic N) is 2. The molecule has 1 saturated heterocycles. The highest BCUT2D eigenvalue weighted by molar-refractivity contribution is 9.11. The zero-order valence-electron chi connectivity index (χ0n) is 13.0. The van der Waals surface area contributed by atoms with Crippen molar-refractivity contribution in [3.8, 4) is 0 Å². The van der Waals surface area contributed by atoms with Crippen molar-refractivity contribution < 1.29 is 14.4 Å². The average Bonchev–Trinajstić information content (AvgIpc) is 3.04. The highest BCUT2D eigenvalue weighted by Crippen LogP contribution is 2.37. The van der Waals surface area contributed by atoms with Gasteiger partial charge in [-0.15, -0.1) is 11.3 Å². The Morgan fingerprint density at radius 3 is 2.39 bits per heavy atom. The van der Waals surface area contributed by atoms with Gasteiger partial charge in [-0.2, -0.15) is 0 Å². The Morgan fingerprint density at radius 1 is 1.26 bits per heavy atom. The topological polar surface area (TPSA) is 57.7 Å². The van der Waals surface area contributed by atoms with E-state index in [2.05, 4.69) is 15.9 Å². The lowest BCUT2D eigenvalue weighted by Gasteiger charge is -2.20. The third-order valence-corrected chi connectivity index (χ3v) is 6.28. The van der Waals surface area contributed by atoms with Crippen LogP contribution in [0.4, 0.5) is 0 Å². The monoisotopic (exact) mass is 398 g/mol. The normalized spacial score (nSPS) is 24.0. The molecule has 2 heterocycles. The lowest BCUT2D eigenvalue weighted by atomic mass is 9.81. The van der Waals surface area contributed by atoms with E-state index >= 15 is 0 Å². The third kappa shape index (κ3) is 3.35. The molecule has 0 radical (unpaired) electrons. The summed E-state index contributed by atoms with van der Waals surface area (Å²) >= 11 is 4.97. The minimum Gasteiger partial charge on any atom is -0.339 e. The number of hydrogen-bond acceptors (Lipinski definition) is 4. The molecule has 0 aromatic carbocycles. The van der Waals surface area contributed by atoms with Gasteiger partial charge in [-0.25, -0.2) is 0 Å². The molecule has 124 valence electrons. The molecule has 1 aliphatic heterocycles. The number of fused-ring (bicyclic) bond motifs is 1. The molecular formula is C16H19BrN2O3S. The molecule has 3 amide bonds. The van der Waals surface area contributed by atoms with E-state index in [4.69, 9.17) is 0 Å². The Morgan fingerprint density at radius 2 is 1.87 bits per heavy atom. The third-order valence-electron chi connectivity index (χ3n) is 4.67. The van der Waals surface area contributed by atoms with Crippen LogP contribution in [0.25, 0.3) is 0 Å². The molecule has 1 saturated carbocycles. The second kappa shape index (κ2) is 6.73. The van der Waals surface area contributed by atoms with Gasteiger partial charge in [0.25, 0.3) is 0 Å². The summed E-state index contributed by atoms with van der Waals surface area (Å²) in [6.45, 7) is 0.353. The van der Waals surface area contributed by atoms with Crippen molar-refractivity contribution in [3.05, 3.63) is 20.8 Å². The maximum absolute atomic E-state index is 12.4. The smallest absolute Gasteiger partial charge is 0.242 e. The quantitative estimate of drug-likeness (QED) is 0.732. The number of carbonyl (C=O) groups excluding carboxylic acids is 3. The molecule has 0 bridgehead atoms. The molecule has 0 spiro atoms. The van der Waals surface area contributed by atoms with E-state index in [9.17, 15) is 14.4 Å². The van der Waals surface area contributed by atoms with Crippen LogP contribution in [0.1, 0.15) is 30.6 Å². The van der Waals surface area contributed by atoms with E-state index in [1.807, 2.05) is 12.1 Å². The summed E-state index contributed by atoms with van der Waals surface area (Å²) < 4.78 is 1.02. The van der Waals surface area contributed by atoms with E-state index < -0.39 is 0 Å². The maximum Gasteiger partial charge on any atom is 0.242 e. The maximum atomic E-state index is 12.4. The summed E-state index contributed by atoms with van der Waals surface area (Å²) in [5.74, 6) is -0.888. The second-order valence-electron chi connectivity index (χ2n) is 6.22. The van der Waals surface area contributed by atoms with Crippen LogP contribution in [0.3, 0.4) is 0 Å². The molecule has 0 N–H and O–H groups in total. The zero-order chi connectivity index (χ0) is 16.6. The highest BCUT2D eigenvalue weighted by Gasteiger charge is 2.48. The Bertz CT molecular complexity index is 621. The fraction of sp³-hybridized carbons (Fsp3) is 0.562. The summed E-state index contributed by atoms with van der Waals surface area (Å²) in [4.78, 5) is 41.0. The fourth-order valence-corrected chi connectivity index (χ4v) is 4.94. The van der Waals surface area contributed by atoms with Crippen molar-refractivity contribution in [2.45, 2.75) is 32.2 Å². The number of amides is 3. The number of imide groups is 1. The van der Waals surface area contributed by atoms with Gasteiger partial charge in [0.15, 0.2) is 0 Å². The predicted molar refractivity (Wildman–Crippen MR) is 90.7 cm³/mol. The van der Waals surface area contributed by atoms with Crippen molar-refractivity contribution in [1.82, 2.24) is 9.80 Å². The van der Waals surface area contributed by atoms with Gasteiger partial charge in [-0.05, 0) is 40.9 Å². The fourth-order valence-electron chi connectivity index (χ4n) is 3.40. The number of hydrogen-bond donors (Lipinski definition) is 0. The molecule has 2 unspecified atom stereocenters. The number of halogens is 1. The van der Waals surface area contributed by atoms with Gasteiger partial charge in [0, 0.05) is 11.9 Å². The van der Waals surface area contributed by atoms with Crippen molar-refractivity contribution >= 4 is 45.0 Å². The standard InChI is InChI=1S/C16H19BrN2O3S/c1-18(8-10-6-7-13(17)23-10)14(20)9-19-15(21)11-4-2-3-5-12(11)16(19)22/h6-7,11-12H,2-5,8-9H2,1H3. The molecule has 5 nitrogen and oxygen atoms in total. The lowest BCUT2D eigenvalue weighted by molar-refractivity contribution is -0.146. The number of carbonyl (C=O) groups is 3. The van der Waals surface area contributed by atoms with Gasteiger partial charge in [-0.1, -0.05) is 12.8 Å². The summed E-state index contributed by atoms with van der Waals surface area (Å²) in [5, 5.41) is 0. The van der Waals surface area contributed by atoms with E-state index in [-0.39, 0.29) is 36.1 Å². The molecule has 2 aliphatic rings. The zero-order valence-corrected chi connectivity index (χ0v) is 15.4. The molecule has 1 aromatic heterocycles. The van der Waals surface area contributed by atoms with Gasteiger partial charge < -0.3 is 4.90 Å². The van der Waals surface area contributed by atoms with E-state index in [0.717, 1.165) is 34.3 Å². The number of likely N-dealkylation sites (N-methyl/N-ethyl adjacent to an activating group) is 1. The predicted octanol–water partition coefficient (Wildman–Crippen LogP) is 2.64. The van der Waals surface area contributed by atoms with E-state index in [1.54, 1.807) is 23.3 Å². The molecule has 3 rings (SSSR count).